The SMILES string of the molecule is Cc1nc2cccn(O)c-2n1. The number of imidazole rings is 1. The third kappa shape index (κ3) is 0.832. The highest BCUT2D eigenvalue weighted by Gasteiger charge is 2.09. The van der Waals surface area contributed by atoms with E-state index in [1.165, 1.54) is 6.20 Å². The van der Waals surface area contributed by atoms with Crippen LogP contribution in [0.15, 0.2) is 18.3 Å². The highest BCUT2D eigenvalue weighted by Crippen LogP contribution is 2.15. The number of rotatable bonds is 0. The molecule has 0 atom stereocenters. The largest absolute Gasteiger partial charge is 0.427 e. The Balaban J connectivity index is 2.78. The van der Waals surface area contributed by atoms with Crippen molar-refractivity contribution in [3.8, 4) is 11.5 Å². The first-order chi connectivity index (χ1) is 5.27. The summed E-state index contributed by atoms with van der Waals surface area (Å²) in [4.78, 5) is 8.10. The molecule has 0 amide bonds. The Kier molecular flexibility index (Phi) is 1.09. The van der Waals surface area contributed by atoms with Crippen LogP contribution in [0.25, 0.3) is 11.5 Å². The Morgan fingerprint density at radius 1 is 1.45 bits per heavy atom. The van der Waals surface area contributed by atoms with E-state index in [-0.39, 0.29) is 0 Å². The summed E-state index contributed by atoms with van der Waals surface area (Å²) >= 11 is 0. The molecule has 2 aliphatic heterocycles. The highest BCUT2D eigenvalue weighted by atomic mass is 16.5. The molecular weight excluding hydrogens is 142 g/mol. The third-order valence-electron chi connectivity index (χ3n) is 1.48. The lowest BCUT2D eigenvalue weighted by atomic mass is 10.3. The highest BCUT2D eigenvalue weighted by molar-refractivity contribution is 5.51. The van der Waals surface area contributed by atoms with Gasteiger partial charge in [-0.1, -0.05) is 0 Å². The Hall–Kier alpha value is -1.58. The fraction of sp³-hybridized carbons (Fsp3) is 0.143. The van der Waals surface area contributed by atoms with Crippen molar-refractivity contribution in [1.82, 2.24) is 14.7 Å². The number of hydrogen-bond acceptors (Lipinski definition) is 3. The van der Waals surface area contributed by atoms with Crippen molar-refractivity contribution >= 4 is 0 Å². The first-order valence-corrected chi connectivity index (χ1v) is 3.28. The smallest absolute Gasteiger partial charge is 0.195 e. The van der Waals surface area contributed by atoms with Gasteiger partial charge < -0.3 is 5.21 Å². The van der Waals surface area contributed by atoms with Gasteiger partial charge in [0.15, 0.2) is 5.82 Å². The topological polar surface area (TPSA) is 50.9 Å². The molecule has 0 aliphatic carbocycles. The van der Waals surface area contributed by atoms with Gasteiger partial charge in [0, 0.05) is 6.20 Å². The second-order valence-electron chi connectivity index (χ2n) is 2.33. The quantitative estimate of drug-likeness (QED) is 0.567. The Labute approximate surface area is 63.4 Å². The van der Waals surface area contributed by atoms with Crippen molar-refractivity contribution in [2.24, 2.45) is 0 Å². The van der Waals surface area contributed by atoms with Gasteiger partial charge >= 0.3 is 0 Å². The molecule has 0 radical (unpaired) electrons. The molecule has 1 N–H and O–H groups in total. The van der Waals surface area contributed by atoms with E-state index in [1.54, 1.807) is 13.0 Å². The molecule has 0 saturated heterocycles. The minimum absolute atomic E-state index is 0.505. The normalized spacial score (nSPS) is 10.6. The predicted molar refractivity (Wildman–Crippen MR) is 38.6 cm³/mol. The van der Waals surface area contributed by atoms with E-state index in [9.17, 15) is 5.21 Å². The maximum absolute atomic E-state index is 9.20. The van der Waals surface area contributed by atoms with Gasteiger partial charge in [0.25, 0.3) is 0 Å². The van der Waals surface area contributed by atoms with E-state index in [2.05, 4.69) is 9.97 Å². The maximum Gasteiger partial charge on any atom is 0.195 e. The summed E-state index contributed by atoms with van der Waals surface area (Å²) in [5, 5.41) is 9.20. The van der Waals surface area contributed by atoms with Crippen molar-refractivity contribution in [2.75, 3.05) is 0 Å². The Morgan fingerprint density at radius 3 is 3.00 bits per heavy atom. The number of nitrogens with zero attached hydrogens (tertiary/aromatic N) is 3. The number of aryl methyl sites for hydroxylation is 1. The number of fused-ring (bicyclic) bond motifs is 1. The second kappa shape index (κ2) is 1.95. The van der Waals surface area contributed by atoms with E-state index in [1.807, 2.05) is 6.07 Å². The van der Waals surface area contributed by atoms with E-state index >= 15 is 0 Å². The zero-order chi connectivity index (χ0) is 7.84. The van der Waals surface area contributed by atoms with E-state index < -0.39 is 0 Å². The van der Waals surface area contributed by atoms with Crippen LogP contribution in [0.2, 0.25) is 0 Å². The van der Waals surface area contributed by atoms with Crippen LogP contribution in [0.4, 0.5) is 0 Å². The van der Waals surface area contributed by atoms with E-state index in [0.29, 0.717) is 17.3 Å². The summed E-state index contributed by atoms with van der Waals surface area (Å²) in [6.45, 7) is 1.79. The van der Waals surface area contributed by atoms with Crippen LogP contribution in [-0.2, 0) is 0 Å². The minimum atomic E-state index is 0.505. The summed E-state index contributed by atoms with van der Waals surface area (Å²) in [6, 6.07) is 3.53. The number of hydrogen-bond donors (Lipinski definition) is 1. The summed E-state index contributed by atoms with van der Waals surface area (Å²) in [7, 11) is 0. The van der Waals surface area contributed by atoms with Crippen LogP contribution in [0.1, 0.15) is 5.82 Å². The lowest BCUT2D eigenvalue weighted by molar-refractivity contribution is 0.186. The maximum atomic E-state index is 9.20. The molecule has 11 heavy (non-hydrogen) atoms. The van der Waals surface area contributed by atoms with Crippen LogP contribution >= 0.6 is 0 Å². The minimum Gasteiger partial charge on any atom is -0.427 e. The van der Waals surface area contributed by atoms with Gasteiger partial charge in [-0.3, -0.25) is 0 Å². The molecule has 0 spiro atoms. The molecule has 0 saturated carbocycles. The molecule has 0 fully saturated rings. The van der Waals surface area contributed by atoms with Gasteiger partial charge in [-0.15, -0.1) is 0 Å². The molecule has 4 nitrogen and oxygen atoms in total. The lowest BCUT2D eigenvalue weighted by Crippen LogP contribution is -1.96. The lowest BCUT2D eigenvalue weighted by Gasteiger charge is -1.99. The van der Waals surface area contributed by atoms with Crippen LogP contribution in [0, 0.1) is 6.92 Å². The molecule has 2 rings (SSSR count). The fourth-order valence-corrected chi connectivity index (χ4v) is 1.03. The van der Waals surface area contributed by atoms with Crippen molar-refractivity contribution in [1.29, 1.82) is 0 Å². The fourth-order valence-electron chi connectivity index (χ4n) is 1.03. The van der Waals surface area contributed by atoms with Crippen LogP contribution in [0.5, 0.6) is 0 Å². The van der Waals surface area contributed by atoms with E-state index in [0.717, 1.165) is 4.73 Å². The standard InChI is InChI=1S/C7H7N3O/c1-5-8-6-3-2-4-10(11)7(6)9-5/h2-4,11H,1H3. The average Bonchev–Trinajstić information content (AvgIpc) is 2.31. The molecular formula is C7H7N3O. The van der Waals surface area contributed by atoms with Gasteiger partial charge in [0.1, 0.15) is 11.5 Å². The van der Waals surface area contributed by atoms with Crippen molar-refractivity contribution < 1.29 is 5.21 Å². The Morgan fingerprint density at radius 2 is 2.27 bits per heavy atom. The van der Waals surface area contributed by atoms with Gasteiger partial charge in [0.2, 0.25) is 0 Å². The Bertz CT molecular complexity index is 355. The molecule has 0 aromatic rings. The summed E-state index contributed by atoms with van der Waals surface area (Å²) in [5.41, 5.74) is 0.715. The van der Waals surface area contributed by atoms with Gasteiger partial charge in [-0.2, -0.15) is 4.73 Å². The zero-order valence-electron chi connectivity index (χ0n) is 6.02. The molecule has 4 heteroatoms. The van der Waals surface area contributed by atoms with Gasteiger partial charge in [-0.05, 0) is 19.1 Å². The molecule has 0 bridgehead atoms. The van der Waals surface area contributed by atoms with Crippen LogP contribution in [0.3, 0.4) is 0 Å². The van der Waals surface area contributed by atoms with E-state index in [4.69, 9.17) is 0 Å². The molecule has 0 unspecified atom stereocenters. The summed E-state index contributed by atoms with van der Waals surface area (Å²) in [6.07, 6.45) is 1.52. The van der Waals surface area contributed by atoms with Crippen molar-refractivity contribution in [3.63, 3.8) is 0 Å². The van der Waals surface area contributed by atoms with Crippen molar-refractivity contribution in [3.05, 3.63) is 24.2 Å². The van der Waals surface area contributed by atoms with Crippen LogP contribution in [-0.4, -0.2) is 19.9 Å². The third-order valence-corrected chi connectivity index (χ3v) is 1.48. The number of aromatic nitrogens is 3. The average molecular weight is 149 g/mol. The predicted octanol–water partition coefficient (Wildman–Crippen LogP) is 0.929. The zero-order valence-corrected chi connectivity index (χ0v) is 6.02. The van der Waals surface area contributed by atoms with Gasteiger partial charge in [0.05, 0.1) is 0 Å². The first-order valence-electron chi connectivity index (χ1n) is 3.28. The number of pyridine rings is 1. The second-order valence-corrected chi connectivity index (χ2v) is 2.33. The van der Waals surface area contributed by atoms with Crippen LogP contribution < -0.4 is 0 Å². The molecule has 2 aliphatic rings. The summed E-state index contributed by atoms with van der Waals surface area (Å²) < 4.78 is 0.968. The molecule has 56 valence electrons. The molecule has 0 aromatic heterocycles. The molecule has 0 aromatic carbocycles. The van der Waals surface area contributed by atoms with Gasteiger partial charge in [-0.25, -0.2) is 9.97 Å². The monoisotopic (exact) mass is 149 g/mol. The summed E-state index contributed by atoms with van der Waals surface area (Å²) in [5.74, 6) is 1.18. The van der Waals surface area contributed by atoms with Crippen molar-refractivity contribution in [2.45, 2.75) is 6.92 Å². The molecule has 2 heterocycles. The first kappa shape index (κ1) is 6.15.